The second-order valence-corrected chi connectivity index (χ2v) is 7.12. The number of nitrogens with zero attached hydrogens (tertiary/aromatic N) is 2. The number of sulfonamides is 1. The first-order valence-electron chi connectivity index (χ1n) is 7.26. The number of hydrogen-bond acceptors (Lipinski definition) is 5. The first-order chi connectivity index (χ1) is 11.0. The van der Waals surface area contributed by atoms with Gasteiger partial charge >= 0.3 is 0 Å². The normalized spacial score (nSPS) is 17.7. The summed E-state index contributed by atoms with van der Waals surface area (Å²) in [6.45, 7) is -0.0796. The third-order valence-corrected chi connectivity index (χ3v) is 5.02. The number of rotatable bonds is 6. The fraction of sp³-hybridized carbons (Fsp3) is 0.333. The summed E-state index contributed by atoms with van der Waals surface area (Å²) in [7, 11) is -3.74. The second kappa shape index (κ2) is 6.59. The van der Waals surface area contributed by atoms with Gasteiger partial charge in [-0.2, -0.15) is 4.98 Å². The molecule has 0 amide bonds. The minimum atomic E-state index is -3.74. The second-order valence-electron chi connectivity index (χ2n) is 5.35. The van der Waals surface area contributed by atoms with Crippen LogP contribution < -0.4 is 4.72 Å². The number of halogens is 1. The highest BCUT2D eigenvalue weighted by molar-refractivity contribution is 7.89. The van der Waals surface area contributed by atoms with Gasteiger partial charge in [0.15, 0.2) is 5.82 Å². The molecule has 8 heteroatoms. The lowest BCUT2D eigenvalue weighted by molar-refractivity contribution is 0.359. The van der Waals surface area contributed by atoms with Crippen LogP contribution in [0.2, 0.25) is 0 Å². The van der Waals surface area contributed by atoms with E-state index in [1.54, 1.807) is 0 Å². The Hall–Kier alpha value is -2.06. The van der Waals surface area contributed by atoms with Crippen molar-refractivity contribution in [2.24, 2.45) is 5.92 Å². The number of aromatic nitrogens is 2. The molecule has 2 aromatic rings. The smallest absolute Gasteiger partial charge is 0.240 e. The topological polar surface area (TPSA) is 85.1 Å². The third-order valence-electron chi connectivity index (χ3n) is 3.60. The average molecular weight is 337 g/mol. The van der Waals surface area contributed by atoms with Gasteiger partial charge in [0.2, 0.25) is 15.9 Å². The molecule has 0 saturated carbocycles. The quantitative estimate of drug-likeness (QED) is 0.817. The summed E-state index contributed by atoms with van der Waals surface area (Å²) in [4.78, 5) is 4.17. The summed E-state index contributed by atoms with van der Waals surface area (Å²) in [5.74, 6) is 0.678. The molecule has 1 aromatic carbocycles. The van der Waals surface area contributed by atoms with E-state index in [1.165, 1.54) is 12.1 Å². The molecule has 0 fully saturated rings. The van der Waals surface area contributed by atoms with Crippen molar-refractivity contribution in [3.05, 3.63) is 53.9 Å². The lowest BCUT2D eigenvalue weighted by Crippen LogP contribution is -2.23. The fourth-order valence-corrected chi connectivity index (χ4v) is 3.37. The lowest BCUT2D eigenvalue weighted by Gasteiger charge is -2.04. The molecule has 1 unspecified atom stereocenters. The van der Waals surface area contributed by atoms with E-state index in [-0.39, 0.29) is 17.3 Å². The summed E-state index contributed by atoms with van der Waals surface area (Å²) >= 11 is 0. The van der Waals surface area contributed by atoms with Gasteiger partial charge < -0.3 is 4.52 Å². The number of nitrogens with one attached hydrogen (secondary N) is 1. The molecule has 1 atom stereocenters. The number of hydrogen-bond donors (Lipinski definition) is 1. The van der Waals surface area contributed by atoms with Crippen molar-refractivity contribution in [1.82, 2.24) is 14.9 Å². The Morgan fingerprint density at radius 1 is 1.30 bits per heavy atom. The summed E-state index contributed by atoms with van der Waals surface area (Å²) in [6, 6.07) is 4.59. The molecule has 0 aliphatic heterocycles. The average Bonchev–Trinajstić information content (AvgIpc) is 3.18. The van der Waals surface area contributed by atoms with Crippen molar-refractivity contribution in [2.75, 3.05) is 0 Å². The molecular weight excluding hydrogens is 321 g/mol. The van der Waals surface area contributed by atoms with Crippen molar-refractivity contribution in [3.8, 4) is 0 Å². The van der Waals surface area contributed by atoms with Gasteiger partial charge in [0, 0.05) is 6.42 Å². The van der Waals surface area contributed by atoms with E-state index < -0.39 is 15.8 Å². The van der Waals surface area contributed by atoms with Gasteiger partial charge in [0.1, 0.15) is 5.82 Å². The predicted octanol–water partition coefficient (Wildman–Crippen LogP) is 2.20. The maximum atomic E-state index is 12.8. The molecule has 1 aromatic heterocycles. The molecule has 6 nitrogen and oxygen atoms in total. The Morgan fingerprint density at radius 2 is 2.09 bits per heavy atom. The van der Waals surface area contributed by atoms with Crippen molar-refractivity contribution >= 4 is 10.0 Å². The number of allylic oxidation sites excluding steroid dienone is 2. The molecule has 1 heterocycles. The van der Waals surface area contributed by atoms with E-state index in [9.17, 15) is 12.8 Å². The summed E-state index contributed by atoms with van der Waals surface area (Å²) < 4.78 is 44.5. The lowest BCUT2D eigenvalue weighted by atomic mass is 10.1. The van der Waals surface area contributed by atoms with Crippen LogP contribution in [-0.2, 0) is 23.0 Å². The van der Waals surface area contributed by atoms with Crippen LogP contribution in [0.15, 0.2) is 45.8 Å². The van der Waals surface area contributed by atoms with Crippen LogP contribution in [0, 0.1) is 11.7 Å². The summed E-state index contributed by atoms with van der Waals surface area (Å²) in [5, 5.41) is 3.77. The van der Waals surface area contributed by atoms with Crippen LogP contribution >= 0.6 is 0 Å². The molecule has 23 heavy (non-hydrogen) atoms. The largest absolute Gasteiger partial charge is 0.339 e. The van der Waals surface area contributed by atoms with Gasteiger partial charge in [-0.25, -0.2) is 17.5 Å². The fourth-order valence-electron chi connectivity index (χ4n) is 2.39. The van der Waals surface area contributed by atoms with Crippen LogP contribution in [0.1, 0.15) is 24.6 Å². The van der Waals surface area contributed by atoms with E-state index in [2.05, 4.69) is 27.0 Å². The molecule has 1 aliphatic rings. The minimum Gasteiger partial charge on any atom is -0.339 e. The Kier molecular flexibility index (Phi) is 4.53. The SMILES string of the molecule is O=S(=O)(NCc1noc(CC2C=CCC2)n1)c1ccc(F)cc1. The van der Waals surface area contributed by atoms with Crippen LogP contribution in [0.5, 0.6) is 0 Å². The van der Waals surface area contributed by atoms with E-state index in [0.717, 1.165) is 25.0 Å². The zero-order valence-corrected chi connectivity index (χ0v) is 13.1. The van der Waals surface area contributed by atoms with Crippen LogP contribution in [0.4, 0.5) is 4.39 Å². The van der Waals surface area contributed by atoms with E-state index in [0.29, 0.717) is 18.2 Å². The Bertz CT molecular complexity index is 800. The maximum Gasteiger partial charge on any atom is 0.240 e. The zero-order valence-electron chi connectivity index (χ0n) is 12.3. The van der Waals surface area contributed by atoms with E-state index >= 15 is 0 Å². The highest BCUT2D eigenvalue weighted by Crippen LogP contribution is 2.20. The highest BCUT2D eigenvalue weighted by atomic mass is 32.2. The molecule has 3 rings (SSSR count). The molecule has 0 bridgehead atoms. The molecule has 122 valence electrons. The minimum absolute atomic E-state index is 0.0151. The number of benzene rings is 1. The van der Waals surface area contributed by atoms with Crippen LogP contribution in [0.3, 0.4) is 0 Å². The molecule has 1 aliphatic carbocycles. The third kappa shape index (κ3) is 4.02. The Balaban J connectivity index is 1.60. The van der Waals surface area contributed by atoms with Gasteiger partial charge in [0.05, 0.1) is 11.4 Å². The van der Waals surface area contributed by atoms with Crippen LogP contribution in [0.25, 0.3) is 0 Å². The summed E-state index contributed by atoms with van der Waals surface area (Å²) in [6.07, 6.45) is 7.03. The maximum absolute atomic E-state index is 12.8. The first-order valence-corrected chi connectivity index (χ1v) is 8.74. The predicted molar refractivity (Wildman–Crippen MR) is 80.3 cm³/mol. The van der Waals surface area contributed by atoms with Crippen molar-refractivity contribution in [1.29, 1.82) is 0 Å². The van der Waals surface area contributed by atoms with Crippen molar-refractivity contribution in [2.45, 2.75) is 30.7 Å². The van der Waals surface area contributed by atoms with Crippen molar-refractivity contribution in [3.63, 3.8) is 0 Å². The van der Waals surface area contributed by atoms with Crippen LogP contribution in [-0.4, -0.2) is 18.6 Å². The monoisotopic (exact) mass is 337 g/mol. The Labute approximate surface area is 133 Å². The van der Waals surface area contributed by atoms with Gasteiger partial charge in [-0.1, -0.05) is 17.3 Å². The van der Waals surface area contributed by atoms with Crippen molar-refractivity contribution < 1.29 is 17.3 Å². The van der Waals surface area contributed by atoms with E-state index in [4.69, 9.17) is 4.52 Å². The van der Waals surface area contributed by atoms with E-state index in [1.807, 2.05) is 0 Å². The molecule has 0 saturated heterocycles. The molecule has 0 radical (unpaired) electrons. The molecule has 0 spiro atoms. The standard InChI is InChI=1S/C15H16FN3O3S/c16-12-5-7-13(8-6-12)23(20,21)17-10-14-18-15(22-19-14)9-11-3-1-2-4-11/h1,3,5-8,11,17H,2,4,9-10H2. The molecular formula is C15H16FN3O3S. The molecule has 1 N–H and O–H groups in total. The highest BCUT2D eigenvalue weighted by Gasteiger charge is 2.17. The summed E-state index contributed by atoms with van der Waals surface area (Å²) in [5.41, 5.74) is 0. The van der Waals surface area contributed by atoms with Gasteiger partial charge in [-0.05, 0) is 43.0 Å². The van der Waals surface area contributed by atoms with Gasteiger partial charge in [-0.3, -0.25) is 0 Å². The zero-order chi connectivity index (χ0) is 16.3. The van der Waals surface area contributed by atoms with Gasteiger partial charge in [-0.15, -0.1) is 0 Å². The van der Waals surface area contributed by atoms with Gasteiger partial charge in [0.25, 0.3) is 0 Å². The first kappa shape index (κ1) is 15.8. The Morgan fingerprint density at radius 3 is 2.78 bits per heavy atom.